The molecule has 2 rings (SSSR count). The van der Waals surface area contributed by atoms with E-state index in [1.165, 1.54) is 17.9 Å². The quantitative estimate of drug-likeness (QED) is 0.606. The predicted molar refractivity (Wildman–Crippen MR) is 73.4 cm³/mol. The molecule has 18 heavy (non-hydrogen) atoms. The zero-order chi connectivity index (χ0) is 13.0. The van der Waals surface area contributed by atoms with Gasteiger partial charge in [-0.25, -0.2) is 4.79 Å². The molecule has 0 saturated carbocycles. The third-order valence-corrected chi connectivity index (χ3v) is 3.06. The first-order valence-electron chi connectivity index (χ1n) is 5.96. The number of rotatable bonds is 3. The van der Waals surface area contributed by atoms with Crippen LogP contribution < -0.4 is 0 Å². The van der Waals surface area contributed by atoms with Gasteiger partial charge in [-0.3, -0.25) is 0 Å². The zero-order valence-corrected chi connectivity index (χ0v) is 10.6. The number of carbonyl (C=O) groups is 1. The van der Waals surface area contributed by atoms with Gasteiger partial charge >= 0.3 is 5.97 Å². The van der Waals surface area contributed by atoms with Crippen molar-refractivity contribution in [3.05, 3.63) is 59.7 Å². The number of methoxy groups -OCH3 is 1. The fourth-order valence-corrected chi connectivity index (χ4v) is 2.07. The van der Waals surface area contributed by atoms with E-state index in [1.54, 1.807) is 0 Å². The molecule has 0 bridgehead atoms. The molecule has 0 saturated heterocycles. The van der Waals surface area contributed by atoms with E-state index in [2.05, 4.69) is 24.3 Å². The van der Waals surface area contributed by atoms with Gasteiger partial charge in [-0.1, -0.05) is 48.5 Å². The monoisotopic (exact) mass is 240 g/mol. The molecule has 0 spiro atoms. The Labute approximate surface area is 107 Å². The number of hydrogen-bond donors (Lipinski definition) is 0. The van der Waals surface area contributed by atoms with Crippen LogP contribution in [0.2, 0.25) is 0 Å². The molecule has 0 atom stereocenters. The number of hydrogen-bond acceptors (Lipinski definition) is 2. The van der Waals surface area contributed by atoms with Gasteiger partial charge < -0.3 is 4.74 Å². The van der Waals surface area contributed by atoms with Gasteiger partial charge in [-0.05, 0) is 23.3 Å². The fourth-order valence-electron chi connectivity index (χ4n) is 2.07. The summed E-state index contributed by atoms with van der Waals surface area (Å²) in [7, 11) is 1.41. The van der Waals surface area contributed by atoms with E-state index in [4.69, 9.17) is 4.74 Å². The fraction of sp³-hybridized carbons (Fsp3) is 0.188. The van der Waals surface area contributed by atoms with E-state index < -0.39 is 0 Å². The smallest absolute Gasteiger partial charge is 0.333 e. The minimum atomic E-state index is -0.259. The van der Waals surface area contributed by atoms with Crippen LogP contribution in [0.3, 0.4) is 0 Å². The lowest BCUT2D eigenvalue weighted by molar-refractivity contribution is -0.136. The normalized spacial score (nSPS) is 11.6. The summed E-state index contributed by atoms with van der Waals surface area (Å²) in [5.41, 5.74) is 1.83. The van der Waals surface area contributed by atoms with Crippen molar-refractivity contribution >= 4 is 16.7 Å². The number of allylic oxidation sites excluding steroid dienone is 1. The molecule has 0 aliphatic heterocycles. The Morgan fingerprint density at radius 3 is 2.61 bits per heavy atom. The van der Waals surface area contributed by atoms with Crippen molar-refractivity contribution < 1.29 is 9.53 Å². The predicted octanol–water partition coefficient (Wildman–Crippen LogP) is 3.50. The van der Waals surface area contributed by atoms with Crippen LogP contribution in [-0.4, -0.2) is 13.1 Å². The molecule has 0 fully saturated rings. The summed E-state index contributed by atoms with van der Waals surface area (Å²) in [4.78, 5) is 11.6. The molecule has 0 unspecified atom stereocenters. The second kappa shape index (κ2) is 5.50. The zero-order valence-electron chi connectivity index (χ0n) is 10.6. The van der Waals surface area contributed by atoms with E-state index >= 15 is 0 Å². The average molecular weight is 240 g/mol. The molecule has 2 aromatic carbocycles. The summed E-state index contributed by atoms with van der Waals surface area (Å²) < 4.78 is 4.78. The Morgan fingerprint density at radius 1 is 1.17 bits per heavy atom. The molecule has 92 valence electrons. The summed E-state index contributed by atoms with van der Waals surface area (Å²) >= 11 is 0. The highest BCUT2D eigenvalue weighted by atomic mass is 16.5. The van der Waals surface area contributed by atoms with Gasteiger partial charge in [0.25, 0.3) is 0 Å². The third kappa shape index (κ3) is 2.43. The number of fused-ring (bicyclic) bond motifs is 1. The Morgan fingerprint density at radius 2 is 1.89 bits per heavy atom. The van der Waals surface area contributed by atoms with Gasteiger partial charge in [0.05, 0.1) is 7.11 Å². The summed E-state index contributed by atoms with van der Waals surface area (Å²) in [5.74, 6) is -0.259. The summed E-state index contributed by atoms with van der Waals surface area (Å²) in [6, 6.07) is 14.3. The summed E-state index contributed by atoms with van der Waals surface area (Å²) in [6.07, 6.45) is 2.41. The van der Waals surface area contributed by atoms with E-state index in [-0.39, 0.29) is 5.97 Å². The van der Waals surface area contributed by atoms with Gasteiger partial charge in [-0.15, -0.1) is 0 Å². The summed E-state index contributed by atoms with van der Waals surface area (Å²) in [5, 5.41) is 2.37. The Hall–Kier alpha value is -2.09. The van der Waals surface area contributed by atoms with Gasteiger partial charge in [0.1, 0.15) is 0 Å². The first kappa shape index (κ1) is 12.4. The van der Waals surface area contributed by atoms with Gasteiger partial charge in [0, 0.05) is 12.0 Å². The second-order valence-electron chi connectivity index (χ2n) is 4.12. The van der Waals surface area contributed by atoms with Crippen LogP contribution in [0.15, 0.2) is 54.1 Å². The molecule has 2 heteroatoms. The lowest BCUT2D eigenvalue weighted by Crippen LogP contribution is -2.07. The standard InChI is InChI=1S/C16H16O2/c1-3-12(16(17)18-2)11-14-9-6-8-13-7-4-5-10-15(13)14/h3-10H,11H2,1-2H3/b12-3+. The molecule has 0 aliphatic rings. The van der Waals surface area contributed by atoms with Crippen LogP contribution in [0.4, 0.5) is 0 Å². The van der Waals surface area contributed by atoms with Gasteiger partial charge in [-0.2, -0.15) is 0 Å². The van der Waals surface area contributed by atoms with Crippen molar-refractivity contribution in [1.82, 2.24) is 0 Å². The maximum absolute atomic E-state index is 11.6. The highest BCUT2D eigenvalue weighted by Gasteiger charge is 2.10. The van der Waals surface area contributed by atoms with Crippen LogP contribution in [0.25, 0.3) is 10.8 Å². The van der Waals surface area contributed by atoms with Crippen LogP contribution in [0.1, 0.15) is 12.5 Å². The number of benzene rings is 2. The molecule has 0 aliphatic carbocycles. The van der Waals surface area contributed by atoms with Crippen LogP contribution in [0, 0.1) is 0 Å². The molecule has 2 nitrogen and oxygen atoms in total. The van der Waals surface area contributed by atoms with Crippen molar-refractivity contribution in [2.75, 3.05) is 7.11 Å². The van der Waals surface area contributed by atoms with E-state index in [9.17, 15) is 4.79 Å². The Kier molecular flexibility index (Phi) is 3.78. The molecule has 0 radical (unpaired) electrons. The number of esters is 1. The van der Waals surface area contributed by atoms with Gasteiger partial charge in [0.2, 0.25) is 0 Å². The number of carbonyl (C=O) groups excluding carboxylic acids is 1. The SMILES string of the molecule is C/C=C(\Cc1cccc2ccccc12)C(=O)OC. The molecule has 0 amide bonds. The van der Waals surface area contributed by atoms with Crippen molar-refractivity contribution in [3.63, 3.8) is 0 Å². The van der Waals surface area contributed by atoms with Crippen molar-refractivity contribution in [2.24, 2.45) is 0 Å². The highest BCUT2D eigenvalue weighted by molar-refractivity contribution is 5.91. The lowest BCUT2D eigenvalue weighted by atomic mass is 9.98. The van der Waals surface area contributed by atoms with Gasteiger partial charge in [0.15, 0.2) is 0 Å². The molecular weight excluding hydrogens is 224 g/mol. The molecule has 0 N–H and O–H groups in total. The first-order valence-corrected chi connectivity index (χ1v) is 5.96. The minimum Gasteiger partial charge on any atom is -0.466 e. The summed E-state index contributed by atoms with van der Waals surface area (Å²) in [6.45, 7) is 1.86. The highest BCUT2D eigenvalue weighted by Crippen LogP contribution is 2.21. The largest absolute Gasteiger partial charge is 0.466 e. The van der Waals surface area contributed by atoms with E-state index in [0.717, 1.165) is 5.56 Å². The molecular formula is C16H16O2. The Balaban J connectivity index is 2.40. The van der Waals surface area contributed by atoms with Crippen molar-refractivity contribution in [3.8, 4) is 0 Å². The maximum Gasteiger partial charge on any atom is 0.333 e. The van der Waals surface area contributed by atoms with Crippen LogP contribution in [-0.2, 0) is 16.0 Å². The number of ether oxygens (including phenoxy) is 1. The maximum atomic E-state index is 11.6. The minimum absolute atomic E-state index is 0.259. The molecule has 0 aromatic heterocycles. The molecule has 2 aromatic rings. The first-order chi connectivity index (χ1) is 8.76. The van der Waals surface area contributed by atoms with E-state index in [1.807, 2.05) is 31.2 Å². The average Bonchev–Trinajstić information content (AvgIpc) is 2.44. The van der Waals surface area contributed by atoms with Crippen LogP contribution >= 0.6 is 0 Å². The Bertz CT molecular complexity index is 592. The van der Waals surface area contributed by atoms with Crippen LogP contribution in [0.5, 0.6) is 0 Å². The second-order valence-corrected chi connectivity index (χ2v) is 4.12. The van der Waals surface area contributed by atoms with Crippen molar-refractivity contribution in [1.29, 1.82) is 0 Å². The van der Waals surface area contributed by atoms with E-state index in [0.29, 0.717) is 12.0 Å². The van der Waals surface area contributed by atoms with Crippen molar-refractivity contribution in [2.45, 2.75) is 13.3 Å². The lowest BCUT2D eigenvalue weighted by Gasteiger charge is -2.08. The molecule has 0 heterocycles. The topological polar surface area (TPSA) is 26.3 Å². The third-order valence-electron chi connectivity index (χ3n) is 3.06.